The molecule has 1 aromatic carbocycles. The van der Waals surface area contributed by atoms with Crippen molar-refractivity contribution in [1.82, 2.24) is 4.90 Å². The predicted molar refractivity (Wildman–Crippen MR) is 104 cm³/mol. The Morgan fingerprint density at radius 1 is 1.38 bits per heavy atom. The number of ether oxygens (including phenoxy) is 2. The number of thioether (sulfide) groups is 1. The number of rotatable bonds is 9. The fraction of sp³-hybridized carbons (Fsp3) is 0.333. The van der Waals surface area contributed by atoms with E-state index in [9.17, 15) is 4.79 Å². The lowest BCUT2D eigenvalue weighted by Crippen LogP contribution is -2.26. The molecule has 128 valence electrons. The predicted octanol–water partition coefficient (Wildman–Crippen LogP) is 3.61. The smallest absolute Gasteiger partial charge is 0.260 e. The normalized spacial score (nSPS) is 10.7. The van der Waals surface area contributed by atoms with Crippen molar-refractivity contribution in [3.8, 4) is 23.8 Å². The third-order valence-corrected chi connectivity index (χ3v) is 4.01. The van der Waals surface area contributed by atoms with Crippen LogP contribution in [-0.2, 0) is 4.79 Å². The zero-order valence-electron chi connectivity index (χ0n) is 14.1. The minimum Gasteiger partial charge on any atom is -0.490 e. The maximum absolute atomic E-state index is 12.4. The molecule has 0 aliphatic heterocycles. The first-order valence-electron chi connectivity index (χ1n) is 7.47. The molecule has 0 spiro atoms. The number of thiocarbonyl (C=S) groups is 1. The van der Waals surface area contributed by atoms with Crippen molar-refractivity contribution in [1.29, 1.82) is 0 Å². The Hall–Kier alpha value is -1.97. The quantitative estimate of drug-likeness (QED) is 0.381. The van der Waals surface area contributed by atoms with Crippen LogP contribution in [0.25, 0.3) is 6.08 Å². The molecular weight excluding hydrogens is 342 g/mol. The van der Waals surface area contributed by atoms with Crippen LogP contribution in [0.5, 0.6) is 11.5 Å². The van der Waals surface area contributed by atoms with Gasteiger partial charge in [-0.15, -0.1) is 6.42 Å². The highest BCUT2D eigenvalue weighted by Crippen LogP contribution is 2.30. The first kappa shape index (κ1) is 20.1. The van der Waals surface area contributed by atoms with Crippen molar-refractivity contribution in [3.05, 3.63) is 28.7 Å². The zero-order chi connectivity index (χ0) is 17.9. The van der Waals surface area contributed by atoms with Gasteiger partial charge in [0.1, 0.15) is 6.61 Å². The number of terminal acetylenes is 1. The van der Waals surface area contributed by atoms with Crippen molar-refractivity contribution in [3.63, 3.8) is 0 Å². The highest BCUT2D eigenvalue weighted by molar-refractivity contribution is 8.24. The Morgan fingerprint density at radius 2 is 2.12 bits per heavy atom. The molecule has 0 bridgehead atoms. The number of nitrogens with zero attached hydrogens (tertiary/aromatic N) is 1. The van der Waals surface area contributed by atoms with Crippen LogP contribution in [0.15, 0.2) is 23.1 Å². The minimum absolute atomic E-state index is 0.0748. The second-order valence-electron chi connectivity index (χ2n) is 4.67. The van der Waals surface area contributed by atoms with Crippen molar-refractivity contribution in [2.75, 3.05) is 26.8 Å². The zero-order valence-corrected chi connectivity index (χ0v) is 15.7. The summed E-state index contributed by atoms with van der Waals surface area (Å²) in [6.07, 6.45) is 7.01. The summed E-state index contributed by atoms with van der Waals surface area (Å²) in [5, 5.41) is 0. The molecule has 6 heteroatoms. The van der Waals surface area contributed by atoms with Crippen molar-refractivity contribution in [2.45, 2.75) is 13.8 Å². The van der Waals surface area contributed by atoms with Crippen LogP contribution in [0, 0.1) is 12.3 Å². The van der Waals surface area contributed by atoms with E-state index in [1.807, 2.05) is 26.0 Å². The topological polar surface area (TPSA) is 38.8 Å². The molecule has 4 nitrogen and oxygen atoms in total. The van der Waals surface area contributed by atoms with Gasteiger partial charge in [0, 0.05) is 18.3 Å². The number of carbonyl (C=O) groups excluding carboxylic acids is 1. The molecule has 0 saturated carbocycles. The third kappa shape index (κ3) is 5.91. The van der Waals surface area contributed by atoms with Crippen LogP contribution in [0.3, 0.4) is 0 Å². The largest absolute Gasteiger partial charge is 0.490 e. The van der Waals surface area contributed by atoms with E-state index in [0.29, 0.717) is 29.6 Å². The Kier molecular flexibility index (Phi) is 8.98. The van der Waals surface area contributed by atoms with Crippen LogP contribution < -0.4 is 9.47 Å². The van der Waals surface area contributed by atoms with E-state index < -0.39 is 0 Å². The number of carbonyl (C=O) groups is 1. The van der Waals surface area contributed by atoms with Gasteiger partial charge in [0.2, 0.25) is 0 Å². The fourth-order valence-electron chi connectivity index (χ4n) is 1.80. The van der Waals surface area contributed by atoms with Gasteiger partial charge in [-0.2, -0.15) is 0 Å². The Morgan fingerprint density at radius 3 is 2.71 bits per heavy atom. The Bertz CT molecular complexity index is 650. The lowest BCUT2D eigenvalue weighted by atomic mass is 10.2. The monoisotopic (exact) mass is 363 g/mol. The summed E-state index contributed by atoms with van der Waals surface area (Å²) in [5.41, 5.74) is 0.823. The van der Waals surface area contributed by atoms with E-state index in [-0.39, 0.29) is 12.5 Å². The van der Waals surface area contributed by atoms with Gasteiger partial charge in [0.25, 0.3) is 5.91 Å². The Balaban J connectivity index is 3.17. The molecule has 0 atom stereocenters. The molecule has 0 aliphatic carbocycles. The molecule has 24 heavy (non-hydrogen) atoms. The van der Waals surface area contributed by atoms with Crippen molar-refractivity contribution in [2.24, 2.45) is 0 Å². The van der Waals surface area contributed by atoms with Crippen molar-refractivity contribution >= 4 is 40.7 Å². The van der Waals surface area contributed by atoms with Gasteiger partial charge in [-0.25, -0.2) is 0 Å². The van der Waals surface area contributed by atoms with Crippen LogP contribution in [-0.4, -0.2) is 42.3 Å². The Labute approximate surface area is 153 Å². The van der Waals surface area contributed by atoms with E-state index in [1.165, 1.54) is 16.5 Å². The standard InChI is InChI=1S/C18H21NO3S2/c1-5-10-22-15-9-8-14(11-16(15)21-7-3)12-17(24-13-23)18(20)19(4)6-2/h1,8-9,11-13H,6-7,10H2,2-4H3/b17-12-. The number of hydrogen-bond acceptors (Lipinski definition) is 5. The first-order valence-corrected chi connectivity index (χ1v) is 8.83. The van der Waals surface area contributed by atoms with Crippen LogP contribution >= 0.6 is 24.0 Å². The van der Waals surface area contributed by atoms with Gasteiger partial charge in [0.05, 0.1) is 11.5 Å². The van der Waals surface area contributed by atoms with Gasteiger partial charge < -0.3 is 14.4 Å². The molecule has 0 aliphatic rings. The molecule has 0 unspecified atom stereocenters. The van der Waals surface area contributed by atoms with Crippen molar-refractivity contribution < 1.29 is 14.3 Å². The van der Waals surface area contributed by atoms with E-state index in [2.05, 4.69) is 5.92 Å². The average Bonchev–Trinajstić information content (AvgIpc) is 2.59. The molecule has 0 saturated heterocycles. The lowest BCUT2D eigenvalue weighted by Gasteiger charge is -2.16. The maximum Gasteiger partial charge on any atom is 0.260 e. The highest BCUT2D eigenvalue weighted by atomic mass is 32.2. The molecule has 0 N–H and O–H groups in total. The van der Waals surface area contributed by atoms with E-state index in [0.717, 1.165) is 5.56 Å². The average molecular weight is 364 g/mol. The second kappa shape index (κ2) is 10.7. The van der Waals surface area contributed by atoms with E-state index in [1.54, 1.807) is 24.1 Å². The van der Waals surface area contributed by atoms with E-state index >= 15 is 0 Å². The number of hydrogen-bond donors (Lipinski definition) is 0. The molecular formula is C18H21NO3S2. The van der Waals surface area contributed by atoms with Crippen LogP contribution in [0.2, 0.25) is 0 Å². The van der Waals surface area contributed by atoms with Gasteiger partial charge in [0.15, 0.2) is 11.5 Å². The molecule has 1 amide bonds. The summed E-state index contributed by atoms with van der Waals surface area (Å²) in [4.78, 5) is 14.6. The lowest BCUT2D eigenvalue weighted by molar-refractivity contribution is -0.124. The molecule has 1 rings (SSSR count). The van der Waals surface area contributed by atoms with Crippen LogP contribution in [0.1, 0.15) is 19.4 Å². The summed E-state index contributed by atoms with van der Waals surface area (Å²) in [7, 11) is 1.75. The summed E-state index contributed by atoms with van der Waals surface area (Å²) < 4.78 is 12.5. The van der Waals surface area contributed by atoms with Gasteiger partial charge in [-0.1, -0.05) is 36.0 Å². The SMILES string of the molecule is C#CCOc1ccc(/C=C(\SC=S)C(=O)N(C)CC)cc1OCC. The van der Waals surface area contributed by atoms with E-state index in [4.69, 9.17) is 28.1 Å². The van der Waals surface area contributed by atoms with Gasteiger partial charge in [-0.05, 0) is 37.6 Å². The maximum atomic E-state index is 12.4. The van der Waals surface area contributed by atoms with Gasteiger partial charge in [-0.3, -0.25) is 4.79 Å². The first-order chi connectivity index (χ1) is 11.6. The summed E-state index contributed by atoms with van der Waals surface area (Å²) in [6, 6.07) is 5.44. The number of benzene rings is 1. The summed E-state index contributed by atoms with van der Waals surface area (Å²) >= 11 is 6.11. The highest BCUT2D eigenvalue weighted by Gasteiger charge is 2.14. The summed E-state index contributed by atoms with van der Waals surface area (Å²) in [5.74, 6) is 3.51. The number of amides is 1. The molecule has 0 aromatic heterocycles. The molecule has 0 heterocycles. The fourth-order valence-corrected chi connectivity index (χ4v) is 2.68. The minimum atomic E-state index is -0.0748. The third-order valence-electron chi connectivity index (χ3n) is 3.08. The molecule has 0 radical (unpaired) electrons. The van der Waals surface area contributed by atoms with Gasteiger partial charge >= 0.3 is 0 Å². The summed E-state index contributed by atoms with van der Waals surface area (Å²) in [6.45, 7) is 5.10. The number of likely N-dealkylation sites (N-methyl/N-ethyl adjacent to an activating group) is 1. The molecule has 0 fully saturated rings. The van der Waals surface area contributed by atoms with Crippen LogP contribution in [0.4, 0.5) is 0 Å². The second-order valence-corrected chi connectivity index (χ2v) is 6.12. The molecule has 1 aromatic rings.